The van der Waals surface area contributed by atoms with Crippen molar-refractivity contribution in [3.05, 3.63) is 71.8 Å². The minimum atomic E-state index is 0.414. The normalized spacial score (nSPS) is 19.3. The van der Waals surface area contributed by atoms with Gasteiger partial charge >= 0.3 is 0 Å². The minimum Gasteiger partial charge on any atom is -0.302 e. The Morgan fingerprint density at radius 3 is 1.79 bits per heavy atom. The summed E-state index contributed by atoms with van der Waals surface area (Å²) < 4.78 is 0. The zero-order valence-corrected chi connectivity index (χ0v) is 15.2. The van der Waals surface area contributed by atoms with Crippen LogP contribution in [0.2, 0.25) is 0 Å². The molecule has 2 aromatic rings. The predicted octanol–water partition coefficient (Wildman–Crippen LogP) is 4.76. The first kappa shape index (κ1) is 17.2. The first-order chi connectivity index (χ1) is 11.7. The average molecular weight is 322 g/mol. The van der Waals surface area contributed by atoms with Crippen LogP contribution in [-0.4, -0.2) is 37.0 Å². The van der Waals surface area contributed by atoms with Crippen LogP contribution < -0.4 is 0 Å². The fraction of sp³-hybridized carbons (Fsp3) is 0.455. The van der Waals surface area contributed by atoms with Gasteiger partial charge in [-0.25, -0.2) is 0 Å². The molecule has 0 spiro atoms. The second-order valence-electron chi connectivity index (χ2n) is 7.28. The topological polar surface area (TPSA) is 6.48 Å². The molecule has 0 unspecified atom stereocenters. The van der Waals surface area contributed by atoms with Crippen LogP contribution >= 0.6 is 0 Å². The molecule has 0 bridgehead atoms. The summed E-state index contributed by atoms with van der Waals surface area (Å²) >= 11 is 0. The average Bonchev–Trinajstić information content (AvgIpc) is 3.11. The molecule has 3 rings (SSSR count). The van der Waals surface area contributed by atoms with Crippen LogP contribution in [0.5, 0.6) is 0 Å². The lowest BCUT2D eigenvalue weighted by molar-refractivity contribution is 0.110. The van der Waals surface area contributed by atoms with Gasteiger partial charge in [0.25, 0.3) is 0 Å². The summed E-state index contributed by atoms with van der Waals surface area (Å²) in [7, 11) is 4.42. The summed E-state index contributed by atoms with van der Waals surface area (Å²) in [5, 5.41) is 0. The summed E-state index contributed by atoms with van der Waals surface area (Å²) in [4.78, 5) is 5.07. The van der Waals surface area contributed by atoms with Gasteiger partial charge in [-0.15, -0.1) is 0 Å². The summed E-state index contributed by atoms with van der Waals surface area (Å²) in [5.41, 5.74) is 2.87. The highest BCUT2D eigenvalue weighted by molar-refractivity contribution is 5.25. The molecule has 0 amide bonds. The highest BCUT2D eigenvalue weighted by atomic mass is 15.2. The number of benzene rings is 2. The van der Waals surface area contributed by atoms with Gasteiger partial charge in [-0.1, -0.05) is 67.6 Å². The first-order valence-corrected chi connectivity index (χ1v) is 9.19. The van der Waals surface area contributed by atoms with Gasteiger partial charge in [-0.3, -0.25) is 4.90 Å². The van der Waals surface area contributed by atoms with Crippen LogP contribution in [0, 0.1) is 5.92 Å². The fourth-order valence-corrected chi connectivity index (χ4v) is 4.41. The monoisotopic (exact) mass is 322 g/mol. The van der Waals surface area contributed by atoms with Crippen molar-refractivity contribution in [2.24, 2.45) is 5.92 Å². The molecule has 24 heavy (non-hydrogen) atoms. The van der Waals surface area contributed by atoms with E-state index in [0.717, 1.165) is 0 Å². The molecule has 1 aliphatic rings. The van der Waals surface area contributed by atoms with Crippen LogP contribution in [0.1, 0.15) is 43.0 Å². The molecule has 2 aromatic carbocycles. The van der Waals surface area contributed by atoms with E-state index in [-0.39, 0.29) is 0 Å². The zero-order valence-electron chi connectivity index (χ0n) is 15.2. The minimum absolute atomic E-state index is 0.414. The van der Waals surface area contributed by atoms with E-state index in [1.807, 2.05) is 0 Å². The van der Waals surface area contributed by atoms with Gasteiger partial charge in [-0.2, -0.15) is 0 Å². The molecular weight excluding hydrogens is 292 g/mol. The molecule has 1 saturated heterocycles. The van der Waals surface area contributed by atoms with Gasteiger partial charge in [0.05, 0.1) is 0 Å². The Labute approximate surface area is 147 Å². The molecular formula is C22H30N2. The van der Waals surface area contributed by atoms with Gasteiger partial charge < -0.3 is 4.90 Å². The molecule has 0 aliphatic carbocycles. The van der Waals surface area contributed by atoms with Gasteiger partial charge in [0.15, 0.2) is 0 Å². The molecule has 1 aliphatic heterocycles. The SMILES string of the molecule is C[C@H]([C@@H](c1ccccc1)N(C)C)[C@@H](c1ccccc1)N1CCCC1. The predicted molar refractivity (Wildman–Crippen MR) is 102 cm³/mol. The smallest absolute Gasteiger partial charge is 0.0391 e. The van der Waals surface area contributed by atoms with Crippen molar-refractivity contribution in [2.45, 2.75) is 31.8 Å². The van der Waals surface area contributed by atoms with Crippen molar-refractivity contribution in [2.75, 3.05) is 27.2 Å². The number of nitrogens with zero attached hydrogens (tertiary/aromatic N) is 2. The number of hydrogen-bond acceptors (Lipinski definition) is 2. The molecule has 0 saturated carbocycles. The van der Waals surface area contributed by atoms with E-state index in [1.54, 1.807) is 0 Å². The van der Waals surface area contributed by atoms with E-state index in [9.17, 15) is 0 Å². The molecule has 1 heterocycles. The summed E-state index contributed by atoms with van der Waals surface area (Å²) in [6.07, 6.45) is 2.65. The molecule has 128 valence electrons. The Morgan fingerprint density at radius 2 is 1.29 bits per heavy atom. The standard InChI is InChI=1S/C22H30N2/c1-18(21(23(2)3)19-12-6-4-7-13-19)22(24-16-10-11-17-24)20-14-8-5-9-15-20/h4-9,12-15,18,21-22H,10-11,16-17H2,1-3H3/t18-,21+,22+/m1/s1. The van der Waals surface area contributed by atoms with E-state index >= 15 is 0 Å². The van der Waals surface area contributed by atoms with Gasteiger partial charge in [-0.05, 0) is 57.1 Å². The maximum Gasteiger partial charge on any atom is 0.0391 e. The third kappa shape index (κ3) is 3.71. The Balaban J connectivity index is 1.96. The summed E-state index contributed by atoms with van der Waals surface area (Å²) in [6, 6.07) is 22.9. The van der Waals surface area contributed by atoms with Crippen molar-refractivity contribution in [1.82, 2.24) is 9.80 Å². The maximum absolute atomic E-state index is 2.69. The van der Waals surface area contributed by atoms with Gasteiger partial charge in [0, 0.05) is 12.1 Å². The van der Waals surface area contributed by atoms with Crippen molar-refractivity contribution < 1.29 is 0 Å². The molecule has 3 atom stereocenters. The second kappa shape index (κ2) is 7.96. The number of likely N-dealkylation sites (tertiary alicyclic amines) is 1. The van der Waals surface area contributed by atoms with Crippen LogP contribution in [0.25, 0.3) is 0 Å². The molecule has 2 nitrogen and oxygen atoms in total. The lowest BCUT2D eigenvalue weighted by Crippen LogP contribution is -2.37. The van der Waals surface area contributed by atoms with Crippen LogP contribution in [0.15, 0.2) is 60.7 Å². The largest absolute Gasteiger partial charge is 0.302 e. The quantitative estimate of drug-likeness (QED) is 0.756. The number of hydrogen-bond donors (Lipinski definition) is 0. The van der Waals surface area contributed by atoms with Crippen LogP contribution in [-0.2, 0) is 0 Å². The van der Waals surface area contributed by atoms with Crippen LogP contribution in [0.4, 0.5) is 0 Å². The third-order valence-corrected chi connectivity index (χ3v) is 5.37. The van der Waals surface area contributed by atoms with Crippen molar-refractivity contribution >= 4 is 0 Å². The van der Waals surface area contributed by atoms with E-state index in [0.29, 0.717) is 18.0 Å². The van der Waals surface area contributed by atoms with E-state index < -0.39 is 0 Å². The van der Waals surface area contributed by atoms with Crippen molar-refractivity contribution in [3.63, 3.8) is 0 Å². The zero-order chi connectivity index (χ0) is 16.9. The molecule has 2 heteroatoms. The maximum atomic E-state index is 2.69. The first-order valence-electron chi connectivity index (χ1n) is 9.19. The van der Waals surface area contributed by atoms with Crippen molar-refractivity contribution in [3.8, 4) is 0 Å². The summed E-state index contributed by atoms with van der Waals surface area (Å²) in [5.74, 6) is 0.517. The van der Waals surface area contributed by atoms with Gasteiger partial charge in [0.2, 0.25) is 0 Å². The highest BCUT2D eigenvalue weighted by Crippen LogP contribution is 2.40. The third-order valence-electron chi connectivity index (χ3n) is 5.37. The molecule has 0 radical (unpaired) electrons. The number of rotatable bonds is 6. The van der Waals surface area contributed by atoms with E-state index in [2.05, 4.69) is 91.5 Å². The molecule has 0 N–H and O–H groups in total. The second-order valence-corrected chi connectivity index (χ2v) is 7.28. The summed E-state index contributed by atoms with van der Waals surface area (Å²) in [6.45, 7) is 4.87. The Kier molecular flexibility index (Phi) is 5.70. The van der Waals surface area contributed by atoms with Crippen LogP contribution in [0.3, 0.4) is 0 Å². The fourth-order valence-electron chi connectivity index (χ4n) is 4.41. The van der Waals surface area contributed by atoms with E-state index in [1.165, 1.54) is 37.1 Å². The Bertz CT molecular complexity index is 602. The molecule has 0 aromatic heterocycles. The Hall–Kier alpha value is -1.64. The Morgan fingerprint density at radius 1 is 0.792 bits per heavy atom. The molecule has 1 fully saturated rings. The lowest BCUT2D eigenvalue weighted by Gasteiger charge is -2.40. The van der Waals surface area contributed by atoms with Crippen molar-refractivity contribution in [1.29, 1.82) is 0 Å². The lowest BCUT2D eigenvalue weighted by atomic mass is 9.83. The van der Waals surface area contributed by atoms with E-state index in [4.69, 9.17) is 0 Å². The highest BCUT2D eigenvalue weighted by Gasteiger charge is 2.34. The van der Waals surface area contributed by atoms with Gasteiger partial charge in [0.1, 0.15) is 0 Å².